The lowest BCUT2D eigenvalue weighted by atomic mass is 9.97. The highest BCUT2D eigenvalue weighted by Gasteiger charge is 2.55. The maximum Gasteiger partial charge on any atom is 0.339 e. The summed E-state index contributed by atoms with van der Waals surface area (Å²) in [5.41, 5.74) is 0.260. The molecule has 0 saturated carbocycles. The van der Waals surface area contributed by atoms with Gasteiger partial charge in [0, 0.05) is 20.8 Å². The fourth-order valence-corrected chi connectivity index (χ4v) is 3.19. The van der Waals surface area contributed by atoms with Gasteiger partial charge in [0.15, 0.2) is 18.3 Å². The first-order valence-corrected chi connectivity index (χ1v) is 10.3. The molecule has 12 nitrogen and oxygen atoms in total. The standard InChI is InChI=1S/C22H26O12/c1-6-29-20(26)14-7-9-15(10-8-14)33-22-19(32-13(4)25)17(31-12(3)24)16(30-11(2)23)18(34-22)21(27)28-5/h7-10,16-19,22H,6H2,1-5H3/t16-,17-,18-,19+,22+/m0/s1. The van der Waals surface area contributed by atoms with Gasteiger partial charge in [0.2, 0.25) is 12.4 Å². The molecule has 1 saturated heterocycles. The fraction of sp³-hybridized carbons (Fsp3) is 0.500. The van der Waals surface area contributed by atoms with E-state index in [4.69, 9.17) is 33.2 Å². The van der Waals surface area contributed by atoms with E-state index in [0.717, 1.165) is 27.9 Å². The second-order valence-corrected chi connectivity index (χ2v) is 7.03. The molecule has 12 heteroatoms. The molecule has 0 bridgehead atoms. The zero-order valence-corrected chi connectivity index (χ0v) is 19.3. The summed E-state index contributed by atoms with van der Waals surface area (Å²) < 4.78 is 36.8. The summed E-state index contributed by atoms with van der Waals surface area (Å²) in [6, 6.07) is 5.71. The van der Waals surface area contributed by atoms with Gasteiger partial charge in [-0.25, -0.2) is 9.59 Å². The molecule has 0 aliphatic carbocycles. The normalized spacial score (nSPS) is 23.7. The van der Waals surface area contributed by atoms with Crippen LogP contribution in [0.5, 0.6) is 5.75 Å². The van der Waals surface area contributed by atoms with Crippen molar-refractivity contribution in [1.29, 1.82) is 0 Å². The molecule has 1 fully saturated rings. The van der Waals surface area contributed by atoms with E-state index in [2.05, 4.69) is 0 Å². The van der Waals surface area contributed by atoms with Crippen molar-refractivity contribution in [2.75, 3.05) is 13.7 Å². The van der Waals surface area contributed by atoms with Crippen LogP contribution in [0.15, 0.2) is 24.3 Å². The first kappa shape index (κ1) is 26.6. The number of benzene rings is 1. The molecule has 1 heterocycles. The Morgan fingerprint density at radius 3 is 1.85 bits per heavy atom. The number of methoxy groups -OCH3 is 1. The van der Waals surface area contributed by atoms with E-state index in [-0.39, 0.29) is 17.9 Å². The minimum atomic E-state index is -1.58. The summed E-state index contributed by atoms with van der Waals surface area (Å²) in [5, 5.41) is 0. The first-order valence-electron chi connectivity index (χ1n) is 10.3. The van der Waals surface area contributed by atoms with Crippen molar-refractivity contribution in [1.82, 2.24) is 0 Å². The Balaban J connectivity index is 2.43. The van der Waals surface area contributed by atoms with Crippen molar-refractivity contribution in [3.8, 4) is 5.75 Å². The molecule has 0 aromatic heterocycles. The lowest BCUT2D eigenvalue weighted by molar-refractivity contribution is -0.282. The third-order valence-electron chi connectivity index (χ3n) is 4.45. The lowest BCUT2D eigenvalue weighted by Crippen LogP contribution is -2.64. The van der Waals surface area contributed by atoms with Gasteiger partial charge < -0.3 is 33.2 Å². The van der Waals surface area contributed by atoms with Crippen molar-refractivity contribution in [3.05, 3.63) is 29.8 Å². The van der Waals surface area contributed by atoms with Gasteiger partial charge >= 0.3 is 29.8 Å². The van der Waals surface area contributed by atoms with Crippen LogP contribution in [0.25, 0.3) is 0 Å². The van der Waals surface area contributed by atoms with Gasteiger partial charge in [0.05, 0.1) is 19.3 Å². The van der Waals surface area contributed by atoms with Gasteiger partial charge in [-0.05, 0) is 31.2 Å². The minimum Gasteiger partial charge on any atom is -0.467 e. The molecule has 0 N–H and O–H groups in total. The average Bonchev–Trinajstić information content (AvgIpc) is 2.76. The molecule has 0 radical (unpaired) electrons. The molecule has 2 rings (SSSR count). The zero-order chi connectivity index (χ0) is 25.4. The Labute approximate surface area is 195 Å². The Kier molecular flexibility index (Phi) is 9.36. The van der Waals surface area contributed by atoms with Crippen LogP contribution in [0.4, 0.5) is 0 Å². The third kappa shape index (κ3) is 6.91. The molecule has 1 aliphatic heterocycles. The predicted octanol–water partition coefficient (Wildman–Crippen LogP) is 0.935. The summed E-state index contributed by atoms with van der Waals surface area (Å²) in [4.78, 5) is 59.5. The predicted molar refractivity (Wildman–Crippen MR) is 110 cm³/mol. The monoisotopic (exact) mass is 482 g/mol. The van der Waals surface area contributed by atoms with E-state index in [0.29, 0.717) is 0 Å². The Morgan fingerprint density at radius 1 is 0.824 bits per heavy atom. The van der Waals surface area contributed by atoms with Crippen LogP contribution in [-0.4, -0.2) is 74.3 Å². The maximum absolute atomic E-state index is 12.4. The largest absolute Gasteiger partial charge is 0.467 e. The molecule has 1 aromatic carbocycles. The van der Waals surface area contributed by atoms with Crippen LogP contribution in [0.1, 0.15) is 38.1 Å². The quantitative estimate of drug-likeness (QED) is 0.383. The molecular weight excluding hydrogens is 456 g/mol. The Bertz CT molecular complexity index is 909. The SMILES string of the molecule is CCOC(=O)c1ccc(O[C@@H]2O[C@H](C(=O)OC)[C@@H](OC(C)=O)[C@H](OC(C)=O)[C@H]2OC(C)=O)cc1. The zero-order valence-electron chi connectivity index (χ0n) is 19.3. The van der Waals surface area contributed by atoms with E-state index in [1.54, 1.807) is 6.92 Å². The fourth-order valence-electron chi connectivity index (χ4n) is 3.19. The molecular formula is C22H26O12. The highest BCUT2D eigenvalue weighted by molar-refractivity contribution is 5.89. The van der Waals surface area contributed by atoms with Gasteiger partial charge in [0.1, 0.15) is 5.75 Å². The topological polar surface area (TPSA) is 150 Å². The van der Waals surface area contributed by atoms with E-state index in [1.807, 2.05) is 0 Å². The number of ether oxygens (including phenoxy) is 7. The molecule has 1 aliphatic rings. The van der Waals surface area contributed by atoms with E-state index >= 15 is 0 Å². The van der Waals surface area contributed by atoms with Crippen LogP contribution < -0.4 is 4.74 Å². The number of carbonyl (C=O) groups is 5. The molecule has 0 spiro atoms. The van der Waals surface area contributed by atoms with Crippen molar-refractivity contribution < 1.29 is 57.1 Å². The van der Waals surface area contributed by atoms with Crippen molar-refractivity contribution in [2.45, 2.75) is 58.4 Å². The van der Waals surface area contributed by atoms with Gasteiger partial charge in [-0.1, -0.05) is 0 Å². The lowest BCUT2D eigenvalue weighted by Gasteiger charge is -2.43. The van der Waals surface area contributed by atoms with Gasteiger partial charge in [-0.2, -0.15) is 0 Å². The first-order chi connectivity index (χ1) is 16.1. The van der Waals surface area contributed by atoms with Crippen LogP contribution in [0.3, 0.4) is 0 Å². The van der Waals surface area contributed by atoms with Gasteiger partial charge in [-0.3, -0.25) is 14.4 Å². The van der Waals surface area contributed by atoms with Crippen LogP contribution in [0, 0.1) is 0 Å². The van der Waals surface area contributed by atoms with Crippen molar-refractivity contribution in [3.63, 3.8) is 0 Å². The molecule has 186 valence electrons. The number of carbonyl (C=O) groups excluding carboxylic acids is 5. The molecule has 1 aromatic rings. The average molecular weight is 482 g/mol. The summed E-state index contributed by atoms with van der Waals surface area (Å²) in [6.07, 6.45) is -7.46. The summed E-state index contributed by atoms with van der Waals surface area (Å²) in [6.45, 7) is 5.14. The van der Waals surface area contributed by atoms with E-state index in [9.17, 15) is 24.0 Å². The number of esters is 5. The molecule has 0 amide bonds. The highest BCUT2D eigenvalue weighted by atomic mass is 16.7. The second-order valence-electron chi connectivity index (χ2n) is 7.03. The van der Waals surface area contributed by atoms with Gasteiger partial charge in [-0.15, -0.1) is 0 Å². The number of rotatable bonds is 8. The van der Waals surface area contributed by atoms with Crippen LogP contribution in [-0.2, 0) is 47.6 Å². The van der Waals surface area contributed by atoms with E-state index in [1.165, 1.54) is 24.3 Å². The van der Waals surface area contributed by atoms with Crippen molar-refractivity contribution in [2.24, 2.45) is 0 Å². The highest BCUT2D eigenvalue weighted by Crippen LogP contribution is 2.31. The van der Waals surface area contributed by atoms with Crippen LogP contribution >= 0.6 is 0 Å². The Hall–Kier alpha value is -3.67. The summed E-state index contributed by atoms with van der Waals surface area (Å²) in [7, 11) is 1.08. The molecule has 34 heavy (non-hydrogen) atoms. The minimum absolute atomic E-state index is 0.159. The maximum atomic E-state index is 12.4. The number of hydrogen-bond acceptors (Lipinski definition) is 12. The summed E-state index contributed by atoms with van der Waals surface area (Å²) in [5.74, 6) is -3.72. The Morgan fingerprint density at radius 2 is 1.35 bits per heavy atom. The van der Waals surface area contributed by atoms with E-state index < -0.39 is 60.6 Å². The second kappa shape index (κ2) is 12.0. The van der Waals surface area contributed by atoms with Crippen LogP contribution in [0.2, 0.25) is 0 Å². The van der Waals surface area contributed by atoms with Gasteiger partial charge in [0.25, 0.3) is 0 Å². The third-order valence-corrected chi connectivity index (χ3v) is 4.45. The molecule has 0 unspecified atom stereocenters. The smallest absolute Gasteiger partial charge is 0.339 e. The molecule has 5 atom stereocenters. The number of hydrogen-bond donors (Lipinski definition) is 0. The van der Waals surface area contributed by atoms with Crippen molar-refractivity contribution >= 4 is 29.8 Å². The summed E-state index contributed by atoms with van der Waals surface area (Å²) >= 11 is 0.